The minimum atomic E-state index is -3.65. The molecule has 0 saturated heterocycles. The number of nitrogens with two attached hydrogens (primary N) is 1. The summed E-state index contributed by atoms with van der Waals surface area (Å²) in [5.74, 6) is 0. The van der Waals surface area contributed by atoms with E-state index in [4.69, 9.17) is 17.3 Å². The van der Waals surface area contributed by atoms with E-state index in [1.54, 1.807) is 11.3 Å². The Hall–Kier alpha value is -0.600. The summed E-state index contributed by atoms with van der Waals surface area (Å²) < 4.78 is 27.3. The van der Waals surface area contributed by atoms with Crippen LogP contribution in [0.2, 0.25) is 5.02 Å². The molecule has 0 radical (unpaired) electrons. The second kappa shape index (κ2) is 6.44. The third-order valence-electron chi connectivity index (χ3n) is 2.57. The van der Waals surface area contributed by atoms with Crippen LogP contribution in [0, 0.1) is 0 Å². The molecule has 1 aromatic heterocycles. The van der Waals surface area contributed by atoms with E-state index >= 15 is 0 Å². The fraction of sp³-hybridized carbons (Fsp3) is 0.167. The van der Waals surface area contributed by atoms with Gasteiger partial charge in [0.25, 0.3) is 0 Å². The van der Waals surface area contributed by atoms with Crippen LogP contribution in [0.3, 0.4) is 0 Å². The van der Waals surface area contributed by atoms with Gasteiger partial charge in [-0.3, -0.25) is 0 Å². The van der Waals surface area contributed by atoms with Crippen molar-refractivity contribution in [1.82, 2.24) is 4.72 Å². The van der Waals surface area contributed by atoms with Gasteiger partial charge in [-0.05, 0) is 45.9 Å². The molecule has 0 aliphatic heterocycles. The molecule has 108 valence electrons. The summed E-state index contributed by atoms with van der Waals surface area (Å²) in [6, 6.07) is 6.76. The lowest BCUT2D eigenvalue weighted by Gasteiger charge is -2.10. The van der Waals surface area contributed by atoms with Gasteiger partial charge >= 0.3 is 0 Å². The quantitative estimate of drug-likeness (QED) is 0.763. The first kappa shape index (κ1) is 15.8. The standard InChI is InChI=1S/C12H12BrClN2O2S2/c13-12-10(15)6-8(14)7-11(12)20(17,18)16-4-3-9-2-1-5-19-9/h1-2,5-7,16H,3-4,15H2. The van der Waals surface area contributed by atoms with Crippen molar-refractivity contribution in [2.45, 2.75) is 11.3 Å². The molecule has 0 unspecified atom stereocenters. The van der Waals surface area contributed by atoms with E-state index in [1.807, 2.05) is 17.5 Å². The number of anilines is 1. The molecular weight excluding hydrogens is 384 g/mol. The fourth-order valence-corrected chi connectivity index (χ4v) is 4.65. The van der Waals surface area contributed by atoms with Gasteiger partial charge in [0.05, 0.1) is 9.37 Å². The van der Waals surface area contributed by atoms with E-state index < -0.39 is 10.0 Å². The first-order valence-electron chi connectivity index (χ1n) is 5.67. The number of nitrogens with one attached hydrogen (secondary N) is 1. The number of sulfonamides is 1. The normalized spacial score (nSPS) is 11.7. The van der Waals surface area contributed by atoms with Gasteiger partial charge in [0.2, 0.25) is 10.0 Å². The van der Waals surface area contributed by atoms with Crippen LogP contribution >= 0.6 is 38.9 Å². The predicted octanol–water partition coefficient (Wildman–Crippen LogP) is 3.27. The van der Waals surface area contributed by atoms with Crippen molar-refractivity contribution < 1.29 is 8.42 Å². The second-order valence-electron chi connectivity index (χ2n) is 4.03. The SMILES string of the molecule is Nc1cc(Cl)cc(S(=O)(=O)NCCc2cccs2)c1Br. The first-order valence-corrected chi connectivity index (χ1v) is 9.20. The van der Waals surface area contributed by atoms with Crippen LogP contribution in [0.1, 0.15) is 4.88 Å². The van der Waals surface area contributed by atoms with Crippen molar-refractivity contribution in [3.63, 3.8) is 0 Å². The molecule has 4 nitrogen and oxygen atoms in total. The molecule has 3 N–H and O–H groups in total. The molecule has 0 atom stereocenters. The number of nitrogen functional groups attached to an aromatic ring is 1. The minimum absolute atomic E-state index is 0.0497. The van der Waals surface area contributed by atoms with Gasteiger partial charge in [0.15, 0.2) is 0 Å². The third-order valence-corrected chi connectivity index (χ3v) is 6.35. The highest BCUT2D eigenvalue weighted by molar-refractivity contribution is 9.10. The highest BCUT2D eigenvalue weighted by Crippen LogP contribution is 2.31. The highest BCUT2D eigenvalue weighted by atomic mass is 79.9. The van der Waals surface area contributed by atoms with E-state index in [1.165, 1.54) is 12.1 Å². The van der Waals surface area contributed by atoms with Gasteiger partial charge in [0, 0.05) is 22.1 Å². The summed E-state index contributed by atoms with van der Waals surface area (Å²) >= 11 is 10.6. The maximum absolute atomic E-state index is 12.2. The topological polar surface area (TPSA) is 72.2 Å². The van der Waals surface area contributed by atoms with Crippen LogP contribution in [0.5, 0.6) is 0 Å². The van der Waals surface area contributed by atoms with E-state index in [0.29, 0.717) is 17.4 Å². The van der Waals surface area contributed by atoms with Crippen molar-refractivity contribution in [2.75, 3.05) is 12.3 Å². The molecule has 0 spiro atoms. The lowest BCUT2D eigenvalue weighted by molar-refractivity contribution is 0.581. The summed E-state index contributed by atoms with van der Waals surface area (Å²) in [4.78, 5) is 1.17. The van der Waals surface area contributed by atoms with E-state index in [2.05, 4.69) is 20.7 Å². The van der Waals surface area contributed by atoms with Gasteiger partial charge in [-0.2, -0.15) is 0 Å². The van der Waals surface area contributed by atoms with Crippen molar-refractivity contribution in [1.29, 1.82) is 0 Å². The average Bonchev–Trinajstić information content (AvgIpc) is 2.86. The Morgan fingerprint density at radius 1 is 1.40 bits per heavy atom. The van der Waals surface area contributed by atoms with Gasteiger partial charge in [0.1, 0.15) is 0 Å². The smallest absolute Gasteiger partial charge is 0.241 e. The molecule has 0 aliphatic carbocycles. The number of rotatable bonds is 5. The van der Waals surface area contributed by atoms with Crippen LogP contribution in [0.15, 0.2) is 39.0 Å². The number of benzene rings is 1. The lowest BCUT2D eigenvalue weighted by atomic mass is 10.3. The van der Waals surface area contributed by atoms with E-state index in [9.17, 15) is 8.42 Å². The minimum Gasteiger partial charge on any atom is -0.398 e. The molecule has 2 aromatic rings. The van der Waals surface area contributed by atoms with Crippen LogP contribution in [-0.4, -0.2) is 15.0 Å². The first-order chi connectivity index (χ1) is 9.40. The Balaban J connectivity index is 2.14. The maximum atomic E-state index is 12.2. The number of thiophene rings is 1. The molecule has 0 amide bonds. The molecule has 20 heavy (non-hydrogen) atoms. The zero-order valence-electron chi connectivity index (χ0n) is 10.3. The molecule has 0 saturated carbocycles. The predicted molar refractivity (Wildman–Crippen MR) is 86.8 cm³/mol. The van der Waals surface area contributed by atoms with Crippen molar-refractivity contribution >= 4 is 54.6 Å². The Morgan fingerprint density at radius 3 is 2.80 bits per heavy atom. The van der Waals surface area contributed by atoms with Crippen molar-refractivity contribution in [2.24, 2.45) is 0 Å². The molecular formula is C12H12BrClN2O2S2. The van der Waals surface area contributed by atoms with Crippen molar-refractivity contribution in [3.8, 4) is 0 Å². The van der Waals surface area contributed by atoms with Gasteiger partial charge in [-0.1, -0.05) is 17.7 Å². The Bertz CT molecular complexity index is 702. The van der Waals surface area contributed by atoms with Gasteiger partial charge < -0.3 is 5.73 Å². The molecule has 0 bridgehead atoms. The monoisotopic (exact) mass is 394 g/mol. The fourth-order valence-electron chi connectivity index (χ4n) is 1.62. The summed E-state index contributed by atoms with van der Waals surface area (Å²) in [6.45, 7) is 0.321. The molecule has 1 heterocycles. The molecule has 0 fully saturated rings. The van der Waals surface area contributed by atoms with Crippen LogP contribution in [0.4, 0.5) is 5.69 Å². The summed E-state index contributed by atoms with van der Waals surface area (Å²) in [7, 11) is -3.65. The van der Waals surface area contributed by atoms with Gasteiger partial charge in [-0.15, -0.1) is 11.3 Å². The van der Waals surface area contributed by atoms with Crippen LogP contribution < -0.4 is 10.5 Å². The van der Waals surface area contributed by atoms with Crippen LogP contribution in [-0.2, 0) is 16.4 Å². The molecule has 2 rings (SSSR count). The average molecular weight is 396 g/mol. The number of hydrogen-bond acceptors (Lipinski definition) is 4. The lowest BCUT2D eigenvalue weighted by Crippen LogP contribution is -2.26. The zero-order valence-corrected chi connectivity index (χ0v) is 14.2. The van der Waals surface area contributed by atoms with Gasteiger partial charge in [-0.25, -0.2) is 13.1 Å². The third kappa shape index (κ3) is 3.73. The molecule has 8 heteroatoms. The van der Waals surface area contributed by atoms with E-state index in [-0.39, 0.29) is 15.6 Å². The second-order valence-corrected chi connectivity index (χ2v) is 8.03. The van der Waals surface area contributed by atoms with Crippen LogP contribution in [0.25, 0.3) is 0 Å². The molecule has 0 aliphatic rings. The summed E-state index contributed by atoms with van der Waals surface area (Å²) in [5.41, 5.74) is 5.99. The highest BCUT2D eigenvalue weighted by Gasteiger charge is 2.19. The largest absolute Gasteiger partial charge is 0.398 e. The molecule has 1 aromatic carbocycles. The maximum Gasteiger partial charge on any atom is 0.241 e. The number of halogens is 2. The summed E-state index contributed by atoms with van der Waals surface area (Å²) in [5, 5.41) is 2.24. The number of hydrogen-bond donors (Lipinski definition) is 2. The Labute approximate surface area is 135 Å². The summed E-state index contributed by atoms with van der Waals surface area (Å²) in [6.07, 6.45) is 0.643. The Morgan fingerprint density at radius 2 is 2.15 bits per heavy atom. The zero-order chi connectivity index (χ0) is 14.8. The van der Waals surface area contributed by atoms with Crippen molar-refractivity contribution in [3.05, 3.63) is 44.0 Å². The van der Waals surface area contributed by atoms with E-state index in [0.717, 1.165) is 4.88 Å². The Kier molecular flexibility index (Phi) is 5.09.